The van der Waals surface area contributed by atoms with Crippen LogP contribution in [0, 0.1) is 17.3 Å². The van der Waals surface area contributed by atoms with E-state index in [9.17, 15) is 14.4 Å². The lowest BCUT2D eigenvalue weighted by molar-refractivity contribution is -0.199. The van der Waals surface area contributed by atoms with E-state index in [1.807, 2.05) is 6.07 Å². The first-order valence-electron chi connectivity index (χ1n) is 14.6. The predicted molar refractivity (Wildman–Crippen MR) is 153 cm³/mol. The van der Waals surface area contributed by atoms with Crippen molar-refractivity contribution < 1.29 is 37.9 Å². The van der Waals surface area contributed by atoms with E-state index in [0.717, 1.165) is 12.8 Å². The molecule has 42 heavy (non-hydrogen) atoms. The van der Waals surface area contributed by atoms with Gasteiger partial charge in [0.2, 0.25) is 12.7 Å². The summed E-state index contributed by atoms with van der Waals surface area (Å²) in [6, 6.07) is 8.61. The Kier molecular flexibility index (Phi) is 8.62. The van der Waals surface area contributed by atoms with Crippen molar-refractivity contribution >= 4 is 25.0 Å². The molecule has 1 aliphatic heterocycles. The number of para-hydroxylation sites is 1. The van der Waals surface area contributed by atoms with E-state index in [4.69, 9.17) is 23.5 Å². The monoisotopic (exact) mass is 578 g/mol. The second-order valence-electron chi connectivity index (χ2n) is 12.2. The van der Waals surface area contributed by atoms with Gasteiger partial charge in [0.25, 0.3) is 0 Å². The summed E-state index contributed by atoms with van der Waals surface area (Å²) in [5, 5.41) is 3.08. The number of pyridine rings is 1. The predicted octanol–water partition coefficient (Wildman–Crippen LogP) is 3.70. The fourth-order valence-electron chi connectivity index (χ4n) is 6.93. The highest BCUT2D eigenvalue weighted by molar-refractivity contribution is 6.48. The molecule has 1 aromatic carbocycles. The minimum Gasteiger partial charge on any atom is -0.496 e. The fraction of sp³-hybridized carbons (Fsp3) is 0.548. The molecule has 1 amide bonds. The number of methoxy groups -OCH3 is 1. The van der Waals surface area contributed by atoms with Crippen molar-refractivity contribution in [2.75, 3.05) is 13.9 Å². The van der Waals surface area contributed by atoms with E-state index >= 15 is 0 Å². The lowest BCUT2D eigenvalue weighted by atomic mass is 9.43. The zero-order valence-electron chi connectivity index (χ0n) is 24.9. The molecule has 2 heterocycles. The average Bonchev–Trinajstić information content (AvgIpc) is 3.34. The van der Waals surface area contributed by atoms with Crippen molar-refractivity contribution in [2.24, 2.45) is 17.3 Å². The molecule has 10 nitrogen and oxygen atoms in total. The Balaban J connectivity index is 1.27. The van der Waals surface area contributed by atoms with Gasteiger partial charge in [-0.25, -0.2) is 4.79 Å². The van der Waals surface area contributed by atoms with Crippen molar-refractivity contribution in [1.29, 1.82) is 0 Å². The number of carbonyl (C=O) groups is 3. The molecule has 1 N–H and O–H groups in total. The SMILES string of the molecule is CCC(=O)NC(Cc1cccc(C(=O)OCOC(=O)Cc2cccnc2)c1OC)B1OC2CC3CC(C3(C)C)C2(C)O1. The molecule has 11 heteroatoms. The number of aromatic nitrogens is 1. The molecule has 3 saturated carbocycles. The van der Waals surface area contributed by atoms with Crippen molar-refractivity contribution in [3.05, 3.63) is 59.4 Å². The topological polar surface area (TPSA) is 122 Å². The molecule has 0 radical (unpaired) electrons. The molecule has 5 unspecified atom stereocenters. The second-order valence-corrected chi connectivity index (χ2v) is 12.2. The van der Waals surface area contributed by atoms with Gasteiger partial charge in [0, 0.05) is 18.8 Å². The largest absolute Gasteiger partial charge is 0.496 e. The summed E-state index contributed by atoms with van der Waals surface area (Å²) in [7, 11) is 0.821. The summed E-state index contributed by atoms with van der Waals surface area (Å²) in [5.74, 6) is -0.585. The van der Waals surface area contributed by atoms with E-state index in [1.54, 1.807) is 43.6 Å². The Labute approximate surface area is 246 Å². The molecule has 5 atom stereocenters. The van der Waals surface area contributed by atoms with Crippen LogP contribution in [0.4, 0.5) is 0 Å². The first-order valence-corrected chi connectivity index (χ1v) is 14.6. The minimum absolute atomic E-state index is 0.0131. The van der Waals surface area contributed by atoms with Crippen LogP contribution in [0.1, 0.15) is 68.4 Å². The molecule has 2 aromatic rings. The van der Waals surface area contributed by atoms with E-state index in [-0.39, 0.29) is 29.4 Å². The highest BCUT2D eigenvalue weighted by Gasteiger charge is 2.68. The first kappa shape index (κ1) is 30.0. The maximum absolute atomic E-state index is 13.0. The third-order valence-corrected chi connectivity index (χ3v) is 9.41. The van der Waals surface area contributed by atoms with Crippen molar-refractivity contribution in [3.8, 4) is 5.75 Å². The normalized spacial score (nSPS) is 25.9. The van der Waals surface area contributed by atoms with Crippen LogP contribution < -0.4 is 10.1 Å². The summed E-state index contributed by atoms with van der Waals surface area (Å²) in [4.78, 5) is 41.6. The molecule has 4 fully saturated rings. The number of carbonyl (C=O) groups excluding carboxylic acids is 3. The van der Waals surface area contributed by atoms with E-state index in [1.165, 1.54) is 7.11 Å². The zero-order valence-corrected chi connectivity index (χ0v) is 24.9. The molecular weight excluding hydrogens is 539 g/mol. The molecule has 1 aromatic heterocycles. The Bertz CT molecular complexity index is 1320. The number of esters is 2. The fourth-order valence-corrected chi connectivity index (χ4v) is 6.93. The van der Waals surface area contributed by atoms with Crippen molar-refractivity contribution in [2.45, 2.75) is 77.4 Å². The van der Waals surface area contributed by atoms with Crippen molar-refractivity contribution in [3.63, 3.8) is 0 Å². The minimum atomic E-state index is -0.703. The molecule has 4 aliphatic rings. The van der Waals surface area contributed by atoms with Gasteiger partial charge in [0.05, 0.1) is 31.2 Å². The second kappa shape index (κ2) is 12.0. The van der Waals surface area contributed by atoms with Gasteiger partial charge in [-0.3, -0.25) is 14.6 Å². The van der Waals surface area contributed by atoms with Gasteiger partial charge >= 0.3 is 19.1 Å². The Hall–Kier alpha value is -3.44. The van der Waals surface area contributed by atoms with Crippen LogP contribution in [-0.2, 0) is 41.2 Å². The molecule has 224 valence electrons. The standard InChI is InChI=1S/C31H39BN2O8/c1-6-26(35)34-25(32-41-24-16-21-15-23(30(21,2)3)31(24,4)42-32)14-20-10-7-11-22(28(20)38-5)29(37)40-18-39-27(36)13-19-9-8-12-33-17-19/h7-12,17,21,23-25H,6,13-16,18H2,1-5H3,(H,34,35). The van der Waals surface area contributed by atoms with E-state index < -0.39 is 37.4 Å². The van der Waals surface area contributed by atoms with Crippen LogP contribution in [0.5, 0.6) is 5.75 Å². The van der Waals surface area contributed by atoms with Gasteiger partial charge in [-0.2, -0.15) is 0 Å². The van der Waals surface area contributed by atoms with Gasteiger partial charge in [-0.15, -0.1) is 0 Å². The molecule has 1 saturated heterocycles. The molecule has 0 spiro atoms. The van der Waals surface area contributed by atoms with Crippen molar-refractivity contribution in [1.82, 2.24) is 10.3 Å². The van der Waals surface area contributed by atoms with Crippen LogP contribution in [0.15, 0.2) is 42.7 Å². The van der Waals surface area contributed by atoms with Gasteiger partial charge in [0.1, 0.15) is 11.3 Å². The Morgan fingerprint density at radius 2 is 1.95 bits per heavy atom. The average molecular weight is 578 g/mol. The van der Waals surface area contributed by atoms with Gasteiger partial charge in [0.15, 0.2) is 0 Å². The number of rotatable bonds is 11. The molecule has 3 aliphatic carbocycles. The number of ether oxygens (including phenoxy) is 3. The maximum atomic E-state index is 13.0. The third-order valence-electron chi connectivity index (χ3n) is 9.41. The number of benzene rings is 1. The van der Waals surface area contributed by atoms with Gasteiger partial charge < -0.3 is 28.8 Å². The highest BCUT2D eigenvalue weighted by atomic mass is 16.7. The Morgan fingerprint density at radius 1 is 1.14 bits per heavy atom. The smallest absolute Gasteiger partial charge is 0.482 e. The van der Waals surface area contributed by atoms with Crippen LogP contribution in [0.3, 0.4) is 0 Å². The molecular formula is C31H39BN2O8. The van der Waals surface area contributed by atoms with E-state index in [2.05, 4.69) is 31.1 Å². The van der Waals surface area contributed by atoms with Crippen LogP contribution in [0.2, 0.25) is 0 Å². The third kappa shape index (κ3) is 5.77. The summed E-state index contributed by atoms with van der Waals surface area (Å²) >= 11 is 0. The highest BCUT2D eigenvalue weighted by Crippen LogP contribution is 2.65. The maximum Gasteiger partial charge on any atom is 0.482 e. The number of nitrogens with zero attached hydrogens (tertiary/aromatic N) is 1. The quantitative estimate of drug-likeness (QED) is 0.242. The van der Waals surface area contributed by atoms with Gasteiger partial charge in [-0.1, -0.05) is 39.0 Å². The number of hydrogen-bond donors (Lipinski definition) is 1. The van der Waals surface area contributed by atoms with Crippen LogP contribution in [0.25, 0.3) is 0 Å². The lowest BCUT2D eigenvalue weighted by Crippen LogP contribution is -2.65. The van der Waals surface area contributed by atoms with Crippen LogP contribution >= 0.6 is 0 Å². The lowest BCUT2D eigenvalue weighted by Gasteiger charge is -2.64. The first-order chi connectivity index (χ1) is 20.1. The zero-order chi connectivity index (χ0) is 30.1. The summed E-state index contributed by atoms with van der Waals surface area (Å²) in [5.41, 5.74) is 1.31. The van der Waals surface area contributed by atoms with E-state index in [0.29, 0.717) is 41.6 Å². The van der Waals surface area contributed by atoms with Crippen LogP contribution in [-0.4, -0.2) is 61.5 Å². The summed E-state index contributed by atoms with van der Waals surface area (Å²) in [6.07, 6.45) is 5.83. The Morgan fingerprint density at radius 3 is 2.64 bits per heavy atom. The number of nitrogens with one attached hydrogen (secondary N) is 1. The molecule has 2 bridgehead atoms. The summed E-state index contributed by atoms with van der Waals surface area (Å²) in [6.45, 7) is 8.00. The number of amides is 1. The molecule has 6 rings (SSSR count). The summed E-state index contributed by atoms with van der Waals surface area (Å²) < 4.78 is 29.1. The van der Waals surface area contributed by atoms with Gasteiger partial charge in [-0.05, 0) is 66.7 Å². The number of hydrogen-bond acceptors (Lipinski definition) is 9.